The van der Waals surface area contributed by atoms with Crippen molar-refractivity contribution in [3.05, 3.63) is 35.4 Å². The third-order valence-electron chi connectivity index (χ3n) is 12.5. The Bertz CT molecular complexity index is 975. The van der Waals surface area contributed by atoms with Gasteiger partial charge in [0.15, 0.2) is 0 Å². The molecule has 3 N–H and O–H groups in total. The van der Waals surface area contributed by atoms with Gasteiger partial charge in [-0.2, -0.15) is 0 Å². The minimum absolute atomic E-state index is 0.191. The molecule has 11 atom stereocenters. The van der Waals surface area contributed by atoms with E-state index in [0.29, 0.717) is 47.0 Å². The lowest BCUT2D eigenvalue weighted by Gasteiger charge is -2.64. The van der Waals surface area contributed by atoms with Gasteiger partial charge in [0.25, 0.3) is 0 Å². The molecule has 5 rings (SSSR count). The summed E-state index contributed by atoms with van der Waals surface area (Å²) in [5, 5.41) is 32.0. The maximum atomic E-state index is 11.9. The number of carboxylic acid groups (broad SMARTS) is 1. The first-order chi connectivity index (χ1) is 17.6. The summed E-state index contributed by atoms with van der Waals surface area (Å²) in [4.78, 5) is 11.6. The number of aryl methyl sites for hydroxylation is 1. The second-order valence-electron chi connectivity index (χ2n) is 14.0. The molecule has 4 fully saturated rings. The van der Waals surface area contributed by atoms with Gasteiger partial charge < -0.3 is 15.3 Å². The van der Waals surface area contributed by atoms with E-state index in [9.17, 15) is 20.1 Å². The Hall–Kier alpha value is -1.39. The van der Waals surface area contributed by atoms with E-state index in [0.717, 1.165) is 50.5 Å². The van der Waals surface area contributed by atoms with Crippen molar-refractivity contribution in [2.75, 3.05) is 0 Å². The van der Waals surface area contributed by atoms with Crippen molar-refractivity contribution in [1.29, 1.82) is 0 Å². The van der Waals surface area contributed by atoms with Gasteiger partial charge in [0.2, 0.25) is 0 Å². The SMILES string of the molecule is CC[C@H]1[C@@H](O)C2C3CC[C@H]([C@H](C)CCCc4ccccc4C(=O)O)[C@@]3(C)CCC2[C@@]2(C)CC[C@@H](O)C[C@@H]12. The standard InChI is InChI=1S/C33H50O4/c1-5-23-28-19-22(34)15-17-33(28,4)27-16-18-32(3)25(13-14-26(32)29(27)30(23)35)20(2)9-8-11-21-10-6-7-12-24(21)31(36)37/h6-7,10,12,20,22-23,25-30,34-35H,5,8-9,11,13-19H2,1-4H3,(H,36,37)/t20-,22-,23-,25-,26?,27?,28+,29?,30-,32-,33-/m1/s1. The molecule has 0 aromatic heterocycles. The molecule has 4 aliphatic rings. The van der Waals surface area contributed by atoms with Crippen molar-refractivity contribution >= 4 is 5.97 Å². The molecular weight excluding hydrogens is 460 g/mol. The van der Waals surface area contributed by atoms with E-state index in [2.05, 4.69) is 27.7 Å². The van der Waals surface area contributed by atoms with Crippen molar-refractivity contribution in [3.63, 3.8) is 0 Å². The summed E-state index contributed by atoms with van der Waals surface area (Å²) in [5.74, 6) is 2.81. The quantitative estimate of drug-likeness (QED) is 0.370. The number of benzene rings is 1. The number of fused-ring (bicyclic) bond motifs is 5. The van der Waals surface area contributed by atoms with Crippen LogP contribution in [0.2, 0.25) is 0 Å². The molecule has 3 unspecified atom stereocenters. The minimum atomic E-state index is -0.827. The van der Waals surface area contributed by atoms with Gasteiger partial charge in [0, 0.05) is 0 Å². The van der Waals surface area contributed by atoms with Gasteiger partial charge in [-0.05, 0) is 122 Å². The molecule has 0 saturated heterocycles. The highest BCUT2D eigenvalue weighted by molar-refractivity contribution is 5.89. The first-order valence-corrected chi connectivity index (χ1v) is 15.3. The van der Waals surface area contributed by atoms with E-state index < -0.39 is 5.97 Å². The van der Waals surface area contributed by atoms with Gasteiger partial charge in [-0.3, -0.25) is 0 Å². The molecular formula is C33H50O4. The van der Waals surface area contributed by atoms with Crippen molar-refractivity contribution in [3.8, 4) is 0 Å². The van der Waals surface area contributed by atoms with Crippen LogP contribution in [0.15, 0.2) is 24.3 Å². The van der Waals surface area contributed by atoms with Crippen LogP contribution in [0.4, 0.5) is 0 Å². The highest BCUT2D eigenvalue weighted by Gasteiger charge is 2.64. The summed E-state index contributed by atoms with van der Waals surface area (Å²) in [7, 11) is 0. The van der Waals surface area contributed by atoms with Crippen LogP contribution in [-0.2, 0) is 6.42 Å². The molecule has 4 aliphatic carbocycles. The second kappa shape index (κ2) is 10.3. The summed E-state index contributed by atoms with van der Waals surface area (Å²) in [6.07, 6.45) is 11.5. The Kier molecular flexibility index (Phi) is 7.57. The highest BCUT2D eigenvalue weighted by Crippen LogP contribution is 2.69. The van der Waals surface area contributed by atoms with Gasteiger partial charge in [0.1, 0.15) is 0 Å². The molecule has 0 aliphatic heterocycles. The summed E-state index contributed by atoms with van der Waals surface area (Å²) in [6.45, 7) is 9.75. The van der Waals surface area contributed by atoms with Crippen molar-refractivity contribution < 1.29 is 20.1 Å². The minimum Gasteiger partial charge on any atom is -0.478 e. The Morgan fingerprint density at radius 1 is 1.00 bits per heavy atom. The predicted molar refractivity (Wildman–Crippen MR) is 147 cm³/mol. The molecule has 4 saturated carbocycles. The molecule has 4 nitrogen and oxygen atoms in total. The zero-order valence-corrected chi connectivity index (χ0v) is 23.5. The van der Waals surface area contributed by atoms with E-state index in [1.807, 2.05) is 18.2 Å². The van der Waals surface area contributed by atoms with Crippen molar-refractivity contribution in [2.45, 2.75) is 111 Å². The number of hydrogen-bond donors (Lipinski definition) is 3. The lowest BCUT2D eigenvalue weighted by Crippen LogP contribution is -2.62. The van der Waals surface area contributed by atoms with Gasteiger partial charge in [0.05, 0.1) is 17.8 Å². The molecule has 0 radical (unpaired) electrons. The van der Waals surface area contributed by atoms with Crippen molar-refractivity contribution in [1.82, 2.24) is 0 Å². The van der Waals surface area contributed by atoms with Crippen LogP contribution in [-0.4, -0.2) is 33.5 Å². The topological polar surface area (TPSA) is 77.8 Å². The van der Waals surface area contributed by atoms with Crippen LogP contribution >= 0.6 is 0 Å². The molecule has 0 bridgehead atoms. The predicted octanol–water partition coefficient (Wildman–Crippen LogP) is 6.97. The first kappa shape index (κ1) is 27.2. The van der Waals surface area contributed by atoms with Crippen LogP contribution in [0, 0.1) is 52.3 Å². The Morgan fingerprint density at radius 2 is 1.70 bits per heavy atom. The number of carboxylic acids is 1. The fraction of sp³-hybridized carbons (Fsp3) is 0.788. The normalized spacial score (nSPS) is 43.9. The van der Waals surface area contributed by atoms with E-state index >= 15 is 0 Å². The number of hydrogen-bond acceptors (Lipinski definition) is 3. The maximum absolute atomic E-state index is 11.9. The number of aromatic carboxylic acids is 1. The number of aliphatic hydroxyl groups is 2. The summed E-state index contributed by atoms with van der Waals surface area (Å²) in [6, 6.07) is 7.45. The molecule has 0 amide bonds. The zero-order chi connectivity index (χ0) is 26.5. The largest absolute Gasteiger partial charge is 0.478 e. The number of carbonyl (C=O) groups is 1. The molecule has 4 heteroatoms. The van der Waals surface area contributed by atoms with Crippen LogP contribution in [0.25, 0.3) is 0 Å². The monoisotopic (exact) mass is 510 g/mol. The van der Waals surface area contributed by atoms with Crippen LogP contribution < -0.4 is 0 Å². The third-order valence-corrected chi connectivity index (χ3v) is 12.5. The highest BCUT2D eigenvalue weighted by atomic mass is 16.4. The molecule has 0 heterocycles. The first-order valence-electron chi connectivity index (χ1n) is 15.3. The lowest BCUT2D eigenvalue weighted by molar-refractivity contribution is -0.203. The van der Waals surface area contributed by atoms with Crippen LogP contribution in [0.3, 0.4) is 0 Å². The summed E-state index contributed by atoms with van der Waals surface area (Å²) in [5.41, 5.74) is 1.94. The van der Waals surface area contributed by atoms with Gasteiger partial charge >= 0.3 is 5.97 Å². The molecule has 206 valence electrons. The van der Waals surface area contributed by atoms with Gasteiger partial charge in [-0.15, -0.1) is 0 Å². The average Bonchev–Trinajstić information content (AvgIpc) is 3.22. The molecule has 37 heavy (non-hydrogen) atoms. The summed E-state index contributed by atoms with van der Waals surface area (Å²) >= 11 is 0. The van der Waals surface area contributed by atoms with Gasteiger partial charge in [-0.25, -0.2) is 4.79 Å². The van der Waals surface area contributed by atoms with E-state index in [-0.39, 0.29) is 23.0 Å². The van der Waals surface area contributed by atoms with Crippen molar-refractivity contribution in [2.24, 2.45) is 52.3 Å². The Labute approximate surface area is 224 Å². The number of rotatable bonds is 7. The summed E-state index contributed by atoms with van der Waals surface area (Å²) < 4.78 is 0. The van der Waals surface area contributed by atoms with E-state index in [1.54, 1.807) is 6.07 Å². The smallest absolute Gasteiger partial charge is 0.335 e. The molecule has 1 aromatic rings. The fourth-order valence-corrected chi connectivity index (χ4v) is 10.7. The average molecular weight is 511 g/mol. The second-order valence-corrected chi connectivity index (χ2v) is 14.0. The molecule has 0 spiro atoms. The lowest BCUT2D eigenvalue weighted by atomic mass is 9.41. The van der Waals surface area contributed by atoms with E-state index in [1.165, 1.54) is 25.7 Å². The fourth-order valence-electron chi connectivity index (χ4n) is 10.7. The Balaban J connectivity index is 1.30. The maximum Gasteiger partial charge on any atom is 0.335 e. The van der Waals surface area contributed by atoms with Crippen LogP contribution in [0.1, 0.15) is 108 Å². The van der Waals surface area contributed by atoms with E-state index in [4.69, 9.17) is 0 Å². The Morgan fingerprint density at radius 3 is 2.43 bits per heavy atom. The van der Waals surface area contributed by atoms with Crippen LogP contribution in [0.5, 0.6) is 0 Å². The zero-order valence-electron chi connectivity index (χ0n) is 23.5. The third kappa shape index (κ3) is 4.48. The molecule has 1 aromatic carbocycles. The number of aliphatic hydroxyl groups excluding tert-OH is 2. The van der Waals surface area contributed by atoms with Gasteiger partial charge in [-0.1, -0.05) is 58.7 Å².